The molecule has 0 spiro atoms. The summed E-state index contributed by atoms with van der Waals surface area (Å²) in [7, 11) is 0. The fraction of sp³-hybridized carbons (Fsp3) is 0.667. The van der Waals surface area contributed by atoms with Gasteiger partial charge in [0.05, 0.1) is 17.8 Å². The van der Waals surface area contributed by atoms with E-state index in [-0.39, 0.29) is 24.2 Å². The highest BCUT2D eigenvalue weighted by Gasteiger charge is 2.27. The Morgan fingerprint density at radius 2 is 1.96 bits per heavy atom. The molecule has 1 aromatic carbocycles. The van der Waals surface area contributed by atoms with Crippen molar-refractivity contribution in [2.45, 2.75) is 77.7 Å². The number of nitrogen functional groups attached to an aromatic ring is 1. The lowest BCUT2D eigenvalue weighted by molar-refractivity contribution is -0.137. The van der Waals surface area contributed by atoms with Gasteiger partial charge in [-0.05, 0) is 54.7 Å². The van der Waals surface area contributed by atoms with Crippen molar-refractivity contribution < 1.29 is 14.3 Å². The lowest BCUT2D eigenvalue weighted by atomic mass is 9.79. The van der Waals surface area contributed by atoms with Crippen LogP contribution in [0.4, 0.5) is 15.8 Å². The summed E-state index contributed by atoms with van der Waals surface area (Å²) in [4.78, 5) is 11.0. The van der Waals surface area contributed by atoms with Crippen LogP contribution in [0.3, 0.4) is 0 Å². The number of nitrogens with two attached hydrogens (primary N) is 1. The quantitative estimate of drug-likeness (QED) is 0.540. The number of aliphatic carboxylic acids is 1. The SMILES string of the molecule is CCC(CC(=O)O)c1cc(N)c(NC(C(C)C)C2CCCCC2)cc1F. The van der Waals surface area contributed by atoms with Crippen LogP contribution in [0.25, 0.3) is 0 Å². The third-order valence-corrected chi connectivity index (χ3v) is 5.72. The molecule has 0 aromatic heterocycles. The Hall–Kier alpha value is -1.78. The highest BCUT2D eigenvalue weighted by molar-refractivity contribution is 5.70. The number of halogens is 1. The maximum absolute atomic E-state index is 14.7. The van der Waals surface area contributed by atoms with E-state index in [1.807, 2.05) is 6.92 Å². The lowest BCUT2D eigenvalue weighted by Gasteiger charge is -2.35. The average molecular weight is 365 g/mol. The van der Waals surface area contributed by atoms with Gasteiger partial charge < -0.3 is 16.2 Å². The van der Waals surface area contributed by atoms with Gasteiger partial charge in [-0.1, -0.05) is 40.0 Å². The summed E-state index contributed by atoms with van der Waals surface area (Å²) < 4.78 is 14.7. The molecule has 26 heavy (non-hydrogen) atoms. The van der Waals surface area contributed by atoms with Crippen molar-refractivity contribution in [1.29, 1.82) is 0 Å². The molecule has 2 atom stereocenters. The Morgan fingerprint density at radius 1 is 1.31 bits per heavy atom. The highest BCUT2D eigenvalue weighted by atomic mass is 19.1. The molecule has 0 heterocycles. The Labute approximate surface area is 156 Å². The van der Waals surface area contributed by atoms with Crippen LogP contribution >= 0.6 is 0 Å². The van der Waals surface area contributed by atoms with Crippen LogP contribution in [0.5, 0.6) is 0 Å². The standard InChI is InChI=1S/C21H33FN2O2/c1-4-14(10-20(25)26)16-11-18(23)19(12-17(16)22)24-21(13(2)3)15-8-6-5-7-9-15/h11-15,21,24H,4-10,23H2,1-3H3,(H,25,26). The van der Waals surface area contributed by atoms with Crippen LogP contribution in [-0.2, 0) is 4.79 Å². The molecule has 146 valence electrons. The third-order valence-electron chi connectivity index (χ3n) is 5.72. The maximum atomic E-state index is 14.7. The minimum absolute atomic E-state index is 0.0870. The van der Waals surface area contributed by atoms with Gasteiger partial charge in [0, 0.05) is 6.04 Å². The molecule has 1 aliphatic carbocycles. The van der Waals surface area contributed by atoms with E-state index in [1.54, 1.807) is 6.07 Å². The van der Waals surface area contributed by atoms with Crippen LogP contribution in [0.2, 0.25) is 0 Å². The van der Waals surface area contributed by atoms with Gasteiger partial charge >= 0.3 is 5.97 Å². The first-order valence-electron chi connectivity index (χ1n) is 9.90. The monoisotopic (exact) mass is 364 g/mol. The predicted molar refractivity (Wildman–Crippen MR) is 105 cm³/mol. The first-order valence-corrected chi connectivity index (χ1v) is 9.90. The number of benzene rings is 1. The second kappa shape index (κ2) is 9.24. The number of rotatable bonds is 8. The molecular formula is C21H33FN2O2. The van der Waals surface area contributed by atoms with Crippen molar-refractivity contribution in [3.8, 4) is 0 Å². The molecule has 0 aliphatic heterocycles. The third kappa shape index (κ3) is 5.12. The van der Waals surface area contributed by atoms with Gasteiger partial charge in [-0.15, -0.1) is 0 Å². The number of carbonyl (C=O) groups is 1. The second-order valence-electron chi connectivity index (χ2n) is 7.98. The summed E-state index contributed by atoms with van der Waals surface area (Å²) in [6.07, 6.45) is 6.69. The average Bonchev–Trinajstić information content (AvgIpc) is 2.60. The Bertz CT molecular complexity index is 612. The molecule has 0 bridgehead atoms. The summed E-state index contributed by atoms with van der Waals surface area (Å²) in [5.74, 6) is -0.643. The molecule has 4 nitrogen and oxygen atoms in total. The van der Waals surface area contributed by atoms with E-state index >= 15 is 0 Å². The molecule has 0 saturated heterocycles. The van der Waals surface area contributed by atoms with Gasteiger partial charge in [-0.3, -0.25) is 4.79 Å². The second-order valence-corrected chi connectivity index (χ2v) is 7.98. The van der Waals surface area contributed by atoms with Crippen LogP contribution in [0, 0.1) is 17.7 Å². The Morgan fingerprint density at radius 3 is 2.50 bits per heavy atom. The van der Waals surface area contributed by atoms with Gasteiger partial charge in [0.2, 0.25) is 0 Å². The molecule has 2 rings (SSSR count). The fourth-order valence-electron chi connectivity index (χ4n) is 4.23. The first kappa shape index (κ1) is 20.5. The van der Waals surface area contributed by atoms with E-state index in [9.17, 15) is 9.18 Å². The molecule has 1 aromatic rings. The summed E-state index contributed by atoms with van der Waals surface area (Å²) >= 11 is 0. The number of nitrogens with one attached hydrogen (secondary N) is 1. The van der Waals surface area contributed by atoms with E-state index in [4.69, 9.17) is 10.8 Å². The minimum Gasteiger partial charge on any atom is -0.481 e. The largest absolute Gasteiger partial charge is 0.481 e. The van der Waals surface area contributed by atoms with Gasteiger partial charge in [0.25, 0.3) is 0 Å². The van der Waals surface area contributed by atoms with E-state index in [0.717, 1.165) is 0 Å². The normalized spacial score (nSPS) is 17.9. The molecule has 5 heteroatoms. The van der Waals surface area contributed by atoms with E-state index < -0.39 is 5.97 Å². The molecule has 0 amide bonds. The zero-order chi connectivity index (χ0) is 19.3. The number of hydrogen-bond acceptors (Lipinski definition) is 3. The molecular weight excluding hydrogens is 331 g/mol. The number of anilines is 2. The van der Waals surface area contributed by atoms with E-state index in [2.05, 4.69) is 19.2 Å². The van der Waals surface area contributed by atoms with Crippen molar-refractivity contribution in [2.24, 2.45) is 11.8 Å². The number of carboxylic acids is 1. The minimum atomic E-state index is -0.922. The zero-order valence-electron chi connectivity index (χ0n) is 16.2. The van der Waals surface area contributed by atoms with Crippen molar-refractivity contribution in [2.75, 3.05) is 11.1 Å². The number of carboxylic acid groups (broad SMARTS) is 1. The van der Waals surface area contributed by atoms with Gasteiger partial charge in [0.15, 0.2) is 0 Å². The van der Waals surface area contributed by atoms with Crippen molar-refractivity contribution >= 4 is 17.3 Å². The molecule has 1 saturated carbocycles. The topological polar surface area (TPSA) is 75.3 Å². The summed E-state index contributed by atoms with van der Waals surface area (Å²) in [5.41, 5.74) is 7.73. The summed E-state index contributed by atoms with van der Waals surface area (Å²) in [6.45, 7) is 6.24. The smallest absolute Gasteiger partial charge is 0.303 e. The van der Waals surface area contributed by atoms with Crippen molar-refractivity contribution in [3.05, 3.63) is 23.5 Å². The molecule has 1 aliphatic rings. The highest BCUT2D eigenvalue weighted by Crippen LogP contribution is 2.35. The molecule has 0 radical (unpaired) electrons. The van der Waals surface area contributed by atoms with Crippen LogP contribution in [0.15, 0.2) is 12.1 Å². The Kier molecular flexibility index (Phi) is 7.30. The molecule has 1 fully saturated rings. The van der Waals surface area contributed by atoms with E-state index in [1.165, 1.54) is 38.2 Å². The van der Waals surface area contributed by atoms with Gasteiger partial charge in [-0.2, -0.15) is 0 Å². The molecule has 2 unspecified atom stereocenters. The summed E-state index contributed by atoms with van der Waals surface area (Å²) in [5, 5.41) is 12.6. The molecule has 4 N–H and O–H groups in total. The lowest BCUT2D eigenvalue weighted by Crippen LogP contribution is -2.35. The van der Waals surface area contributed by atoms with Crippen LogP contribution in [0.1, 0.15) is 77.2 Å². The van der Waals surface area contributed by atoms with Crippen molar-refractivity contribution in [1.82, 2.24) is 0 Å². The van der Waals surface area contributed by atoms with Crippen LogP contribution < -0.4 is 11.1 Å². The first-order chi connectivity index (χ1) is 12.3. The summed E-state index contributed by atoms with van der Waals surface area (Å²) in [6, 6.07) is 3.34. The zero-order valence-corrected chi connectivity index (χ0v) is 16.2. The van der Waals surface area contributed by atoms with Gasteiger partial charge in [0.1, 0.15) is 5.82 Å². The maximum Gasteiger partial charge on any atom is 0.303 e. The van der Waals surface area contributed by atoms with Gasteiger partial charge in [-0.25, -0.2) is 4.39 Å². The van der Waals surface area contributed by atoms with Crippen molar-refractivity contribution in [3.63, 3.8) is 0 Å². The predicted octanol–water partition coefficient (Wildman–Crippen LogP) is 5.39. The fourth-order valence-corrected chi connectivity index (χ4v) is 4.23. The van der Waals surface area contributed by atoms with Crippen LogP contribution in [-0.4, -0.2) is 17.1 Å². The number of hydrogen-bond donors (Lipinski definition) is 3. The van der Waals surface area contributed by atoms with E-state index in [0.29, 0.717) is 35.2 Å². The Balaban J connectivity index is 2.23.